The Morgan fingerprint density at radius 2 is 1.57 bits per heavy atom. The third-order valence-corrected chi connectivity index (χ3v) is 2.62. The molecule has 0 saturated heterocycles. The van der Waals surface area contributed by atoms with Crippen molar-refractivity contribution in [2.45, 2.75) is 41.5 Å². The number of rotatable bonds is 4. The number of nitrogens with zero attached hydrogens (tertiary/aromatic N) is 1. The normalized spacial score (nSPS) is 14.7. The van der Waals surface area contributed by atoms with E-state index in [2.05, 4.69) is 53.1 Å². The average Bonchev–Trinajstić information content (AvgIpc) is 2.11. The standard InChI is InChI=1S/C13H23N/c1-8-14-13(10(4)5)12(7)11(6)9(2)3/h8-10H,1H2,2-7H3/b12-11+,14-13-. The summed E-state index contributed by atoms with van der Waals surface area (Å²) in [5, 5.41) is 0. The molecule has 0 aliphatic heterocycles. The topological polar surface area (TPSA) is 12.4 Å². The van der Waals surface area contributed by atoms with E-state index >= 15 is 0 Å². The molecule has 14 heavy (non-hydrogen) atoms. The van der Waals surface area contributed by atoms with Crippen LogP contribution in [0.15, 0.2) is 28.9 Å². The van der Waals surface area contributed by atoms with Crippen molar-refractivity contribution < 1.29 is 0 Å². The number of hydrogen-bond donors (Lipinski definition) is 0. The van der Waals surface area contributed by atoms with E-state index in [1.807, 2.05) is 0 Å². The van der Waals surface area contributed by atoms with Crippen LogP contribution in [0.1, 0.15) is 41.5 Å². The van der Waals surface area contributed by atoms with Crippen LogP contribution < -0.4 is 0 Å². The van der Waals surface area contributed by atoms with Crippen LogP contribution in [-0.2, 0) is 0 Å². The van der Waals surface area contributed by atoms with Gasteiger partial charge < -0.3 is 0 Å². The first-order valence-corrected chi connectivity index (χ1v) is 5.28. The molecule has 0 rings (SSSR count). The quantitative estimate of drug-likeness (QED) is 0.593. The fourth-order valence-electron chi connectivity index (χ4n) is 1.41. The molecule has 80 valence electrons. The Morgan fingerprint density at radius 3 is 1.86 bits per heavy atom. The van der Waals surface area contributed by atoms with E-state index in [0.717, 1.165) is 5.71 Å². The second kappa shape index (κ2) is 5.79. The summed E-state index contributed by atoms with van der Waals surface area (Å²) < 4.78 is 0. The van der Waals surface area contributed by atoms with E-state index in [9.17, 15) is 0 Å². The highest BCUT2D eigenvalue weighted by molar-refractivity contribution is 6.01. The summed E-state index contributed by atoms with van der Waals surface area (Å²) in [7, 11) is 0. The molecule has 0 aliphatic carbocycles. The zero-order chi connectivity index (χ0) is 11.3. The average molecular weight is 193 g/mol. The highest BCUT2D eigenvalue weighted by atomic mass is 14.7. The van der Waals surface area contributed by atoms with Gasteiger partial charge >= 0.3 is 0 Å². The molecule has 1 nitrogen and oxygen atoms in total. The van der Waals surface area contributed by atoms with Gasteiger partial charge in [-0.25, -0.2) is 0 Å². The number of allylic oxidation sites excluding steroid dienone is 2. The lowest BCUT2D eigenvalue weighted by atomic mass is 9.92. The maximum absolute atomic E-state index is 4.35. The largest absolute Gasteiger partial charge is 0.261 e. The van der Waals surface area contributed by atoms with Crippen LogP contribution in [0.3, 0.4) is 0 Å². The summed E-state index contributed by atoms with van der Waals surface area (Å²) in [5.41, 5.74) is 3.89. The summed E-state index contributed by atoms with van der Waals surface area (Å²) in [6.45, 7) is 16.7. The molecule has 0 radical (unpaired) electrons. The Hall–Kier alpha value is -0.850. The lowest BCUT2D eigenvalue weighted by Crippen LogP contribution is -2.11. The van der Waals surface area contributed by atoms with Gasteiger partial charge in [0, 0.05) is 11.9 Å². The second-order valence-corrected chi connectivity index (χ2v) is 4.31. The van der Waals surface area contributed by atoms with Crippen LogP contribution in [-0.4, -0.2) is 5.71 Å². The summed E-state index contributed by atoms with van der Waals surface area (Å²) in [4.78, 5) is 4.35. The number of aliphatic imine (C=N–C) groups is 1. The van der Waals surface area contributed by atoms with Crippen molar-refractivity contribution in [1.29, 1.82) is 0 Å². The van der Waals surface area contributed by atoms with Crippen LogP contribution in [0.4, 0.5) is 0 Å². The van der Waals surface area contributed by atoms with Crippen LogP contribution in [0.25, 0.3) is 0 Å². The van der Waals surface area contributed by atoms with Crippen molar-refractivity contribution in [3.63, 3.8) is 0 Å². The van der Waals surface area contributed by atoms with E-state index in [1.54, 1.807) is 6.20 Å². The molecule has 0 aromatic carbocycles. The van der Waals surface area contributed by atoms with Gasteiger partial charge in [0.1, 0.15) is 0 Å². The van der Waals surface area contributed by atoms with Gasteiger partial charge in [-0.3, -0.25) is 4.99 Å². The molecular formula is C13H23N. The minimum absolute atomic E-state index is 0.460. The fraction of sp³-hybridized carbons (Fsp3) is 0.615. The molecule has 0 heterocycles. The van der Waals surface area contributed by atoms with Gasteiger partial charge in [-0.2, -0.15) is 0 Å². The molecule has 0 aromatic rings. The molecule has 0 N–H and O–H groups in total. The maximum atomic E-state index is 4.35. The third-order valence-electron chi connectivity index (χ3n) is 2.62. The maximum Gasteiger partial charge on any atom is 0.0457 e. The van der Waals surface area contributed by atoms with Crippen LogP contribution >= 0.6 is 0 Å². The monoisotopic (exact) mass is 193 g/mol. The molecule has 0 saturated carbocycles. The van der Waals surface area contributed by atoms with Crippen LogP contribution in [0.5, 0.6) is 0 Å². The smallest absolute Gasteiger partial charge is 0.0457 e. The first-order chi connectivity index (χ1) is 6.41. The zero-order valence-corrected chi connectivity index (χ0v) is 10.4. The SMILES string of the molecule is C=C/N=C(\C(C)=C(/C)C(C)C)C(C)C. The van der Waals surface area contributed by atoms with Gasteiger partial charge in [-0.15, -0.1) is 0 Å². The Morgan fingerprint density at radius 1 is 1.07 bits per heavy atom. The molecule has 0 atom stereocenters. The summed E-state index contributed by atoms with van der Waals surface area (Å²) >= 11 is 0. The van der Waals surface area contributed by atoms with E-state index in [1.165, 1.54) is 11.1 Å². The summed E-state index contributed by atoms with van der Waals surface area (Å²) in [5.74, 6) is 1.05. The Kier molecular flexibility index (Phi) is 5.44. The van der Waals surface area contributed by atoms with E-state index in [4.69, 9.17) is 0 Å². The zero-order valence-electron chi connectivity index (χ0n) is 10.4. The van der Waals surface area contributed by atoms with Crippen molar-refractivity contribution >= 4 is 5.71 Å². The fourth-order valence-corrected chi connectivity index (χ4v) is 1.41. The van der Waals surface area contributed by atoms with Crippen LogP contribution in [0, 0.1) is 11.8 Å². The molecule has 0 aliphatic rings. The van der Waals surface area contributed by atoms with Gasteiger partial charge in [0.15, 0.2) is 0 Å². The van der Waals surface area contributed by atoms with Gasteiger partial charge in [0.25, 0.3) is 0 Å². The molecule has 0 amide bonds. The lowest BCUT2D eigenvalue weighted by Gasteiger charge is -2.15. The summed E-state index contributed by atoms with van der Waals surface area (Å²) in [6, 6.07) is 0. The van der Waals surface area contributed by atoms with Crippen molar-refractivity contribution in [2.75, 3.05) is 0 Å². The minimum atomic E-state index is 0.460. The van der Waals surface area contributed by atoms with Crippen molar-refractivity contribution in [1.82, 2.24) is 0 Å². The van der Waals surface area contributed by atoms with E-state index < -0.39 is 0 Å². The third kappa shape index (κ3) is 3.49. The first kappa shape index (κ1) is 13.2. The first-order valence-electron chi connectivity index (χ1n) is 5.28. The minimum Gasteiger partial charge on any atom is -0.261 e. The van der Waals surface area contributed by atoms with Gasteiger partial charge in [0.2, 0.25) is 0 Å². The lowest BCUT2D eigenvalue weighted by molar-refractivity contribution is 0.758. The van der Waals surface area contributed by atoms with Crippen molar-refractivity contribution in [3.05, 3.63) is 23.9 Å². The highest BCUT2D eigenvalue weighted by Gasteiger charge is 2.11. The van der Waals surface area contributed by atoms with E-state index in [0.29, 0.717) is 11.8 Å². The molecular weight excluding hydrogens is 170 g/mol. The van der Waals surface area contributed by atoms with Crippen molar-refractivity contribution in [2.24, 2.45) is 16.8 Å². The van der Waals surface area contributed by atoms with Gasteiger partial charge in [0.05, 0.1) is 0 Å². The molecule has 0 unspecified atom stereocenters. The van der Waals surface area contributed by atoms with Crippen LogP contribution in [0.2, 0.25) is 0 Å². The summed E-state index contributed by atoms with van der Waals surface area (Å²) in [6.07, 6.45) is 1.63. The predicted molar refractivity (Wildman–Crippen MR) is 65.7 cm³/mol. The Balaban J connectivity index is 5.14. The molecule has 0 aromatic heterocycles. The van der Waals surface area contributed by atoms with E-state index in [-0.39, 0.29) is 0 Å². The number of hydrogen-bond acceptors (Lipinski definition) is 1. The van der Waals surface area contributed by atoms with Gasteiger partial charge in [-0.1, -0.05) is 39.8 Å². The highest BCUT2D eigenvalue weighted by Crippen LogP contribution is 2.18. The second-order valence-electron chi connectivity index (χ2n) is 4.31. The van der Waals surface area contributed by atoms with Crippen molar-refractivity contribution in [3.8, 4) is 0 Å². The molecule has 0 bridgehead atoms. The molecule has 0 spiro atoms. The molecule has 1 heteroatoms. The Labute approximate surface area is 88.6 Å². The predicted octanol–water partition coefficient (Wildman–Crippen LogP) is 4.22. The molecule has 0 fully saturated rings. The van der Waals surface area contributed by atoms with Gasteiger partial charge in [-0.05, 0) is 31.3 Å². The Bertz CT molecular complexity index is 254.